The molecular weight excluding hydrogens is 282 g/mol. The molecule has 5 nitrogen and oxygen atoms in total. The van der Waals surface area contributed by atoms with Gasteiger partial charge >= 0.3 is 5.97 Å². The summed E-state index contributed by atoms with van der Waals surface area (Å²) < 4.78 is 0. The van der Waals surface area contributed by atoms with Gasteiger partial charge in [-0.15, -0.1) is 11.3 Å². The number of carboxylic acids is 1. The molecule has 1 aromatic rings. The van der Waals surface area contributed by atoms with E-state index in [2.05, 4.69) is 15.5 Å². The monoisotopic (exact) mass is 297 g/mol. The number of rotatable bonds is 4. The standard InChI is InChI=1S/C12H15N3O2S2/c1-7(2)13-12-15-14-11(8-4-3-5-18-8)9(19-12)6-10(16)17/h3-5,7,9H,6H2,1-2H3,(H,13,15)(H,16,17)/t9-/m1/s1. The fourth-order valence-corrected chi connectivity index (χ4v) is 3.63. The first kappa shape index (κ1) is 14.1. The van der Waals surface area contributed by atoms with E-state index >= 15 is 0 Å². The molecule has 2 heterocycles. The molecule has 7 heteroatoms. The van der Waals surface area contributed by atoms with E-state index in [0.29, 0.717) is 5.17 Å². The van der Waals surface area contributed by atoms with Gasteiger partial charge in [0.1, 0.15) is 0 Å². The molecule has 0 saturated carbocycles. The number of thiophene rings is 1. The van der Waals surface area contributed by atoms with Crippen molar-refractivity contribution in [2.24, 2.45) is 10.1 Å². The maximum atomic E-state index is 11.0. The molecule has 0 bridgehead atoms. The first-order valence-electron chi connectivity index (χ1n) is 5.90. The third-order valence-corrected chi connectivity index (χ3v) is 4.33. The van der Waals surface area contributed by atoms with Crippen LogP contribution in [0.3, 0.4) is 0 Å². The Morgan fingerprint density at radius 3 is 3.00 bits per heavy atom. The van der Waals surface area contributed by atoms with E-state index in [-0.39, 0.29) is 17.7 Å². The highest BCUT2D eigenvalue weighted by molar-refractivity contribution is 8.15. The normalized spacial score (nSPS) is 21.3. The van der Waals surface area contributed by atoms with Crippen LogP contribution in [-0.4, -0.2) is 33.2 Å². The van der Waals surface area contributed by atoms with Crippen LogP contribution in [0.25, 0.3) is 0 Å². The van der Waals surface area contributed by atoms with Gasteiger partial charge in [-0.2, -0.15) is 5.10 Å². The van der Waals surface area contributed by atoms with Crippen molar-refractivity contribution < 1.29 is 9.90 Å². The van der Waals surface area contributed by atoms with Gasteiger partial charge in [-0.3, -0.25) is 15.2 Å². The average molecular weight is 297 g/mol. The van der Waals surface area contributed by atoms with Crippen LogP contribution in [0.1, 0.15) is 25.1 Å². The minimum absolute atomic E-state index is 0.0419. The van der Waals surface area contributed by atoms with Gasteiger partial charge in [0.15, 0.2) is 5.17 Å². The number of nitrogens with zero attached hydrogens (tertiary/aromatic N) is 2. The smallest absolute Gasteiger partial charge is 0.304 e. The summed E-state index contributed by atoms with van der Waals surface area (Å²) in [5.74, 6) is -0.826. The molecule has 102 valence electrons. The molecule has 0 saturated heterocycles. The van der Waals surface area contributed by atoms with Gasteiger partial charge in [0, 0.05) is 6.04 Å². The number of aliphatic imine (C=N–C) groups is 1. The maximum Gasteiger partial charge on any atom is 0.304 e. The first-order chi connectivity index (χ1) is 9.06. The number of hydrazone groups is 1. The van der Waals surface area contributed by atoms with Crippen LogP contribution in [0.5, 0.6) is 0 Å². The van der Waals surface area contributed by atoms with E-state index in [1.54, 1.807) is 11.3 Å². The topological polar surface area (TPSA) is 74.0 Å². The minimum atomic E-state index is -0.826. The van der Waals surface area contributed by atoms with Crippen molar-refractivity contribution in [1.82, 2.24) is 5.43 Å². The zero-order valence-corrected chi connectivity index (χ0v) is 12.3. The van der Waals surface area contributed by atoms with Crippen molar-refractivity contribution in [3.8, 4) is 0 Å². The molecule has 2 rings (SSSR count). The highest BCUT2D eigenvalue weighted by atomic mass is 32.2. The van der Waals surface area contributed by atoms with E-state index in [9.17, 15) is 4.79 Å². The lowest BCUT2D eigenvalue weighted by atomic mass is 10.1. The highest BCUT2D eigenvalue weighted by Gasteiger charge is 2.28. The lowest BCUT2D eigenvalue weighted by Gasteiger charge is -2.22. The van der Waals surface area contributed by atoms with Gasteiger partial charge in [-0.1, -0.05) is 17.8 Å². The van der Waals surface area contributed by atoms with Crippen LogP contribution in [0.15, 0.2) is 27.6 Å². The summed E-state index contributed by atoms with van der Waals surface area (Å²) >= 11 is 2.99. The first-order valence-corrected chi connectivity index (χ1v) is 7.66. The third-order valence-electron chi connectivity index (χ3n) is 2.34. The summed E-state index contributed by atoms with van der Waals surface area (Å²) in [6.07, 6.45) is 0.0419. The molecule has 1 aromatic heterocycles. The Labute approximate surface area is 119 Å². The second-order valence-electron chi connectivity index (χ2n) is 4.32. The van der Waals surface area contributed by atoms with Crippen molar-refractivity contribution in [2.45, 2.75) is 31.6 Å². The molecule has 0 amide bonds. The molecule has 1 atom stereocenters. The quantitative estimate of drug-likeness (QED) is 0.895. The zero-order chi connectivity index (χ0) is 13.8. The average Bonchev–Trinajstić information content (AvgIpc) is 2.81. The number of nitrogens with one attached hydrogen (secondary N) is 1. The van der Waals surface area contributed by atoms with Crippen LogP contribution >= 0.6 is 23.1 Å². The van der Waals surface area contributed by atoms with Crippen molar-refractivity contribution >= 4 is 39.9 Å². The van der Waals surface area contributed by atoms with Gasteiger partial charge in [-0.05, 0) is 25.3 Å². The van der Waals surface area contributed by atoms with E-state index in [4.69, 9.17) is 5.11 Å². The van der Waals surface area contributed by atoms with Crippen LogP contribution in [0.4, 0.5) is 0 Å². The van der Waals surface area contributed by atoms with Gasteiger partial charge in [0.05, 0.1) is 22.3 Å². The Morgan fingerprint density at radius 2 is 2.42 bits per heavy atom. The molecule has 19 heavy (non-hydrogen) atoms. The van der Waals surface area contributed by atoms with Crippen LogP contribution in [-0.2, 0) is 4.79 Å². The number of hydrogen-bond donors (Lipinski definition) is 2. The lowest BCUT2D eigenvalue weighted by molar-refractivity contribution is -0.136. The Morgan fingerprint density at radius 1 is 1.63 bits per heavy atom. The number of carbonyl (C=O) groups is 1. The largest absolute Gasteiger partial charge is 0.481 e. The Kier molecular flexibility index (Phi) is 4.60. The number of thioether (sulfide) groups is 1. The Balaban J connectivity index is 2.25. The second-order valence-corrected chi connectivity index (χ2v) is 6.46. The van der Waals surface area contributed by atoms with E-state index in [1.807, 2.05) is 31.4 Å². The van der Waals surface area contributed by atoms with Gasteiger partial charge in [-0.25, -0.2) is 0 Å². The van der Waals surface area contributed by atoms with Crippen molar-refractivity contribution in [3.05, 3.63) is 22.4 Å². The summed E-state index contributed by atoms with van der Waals surface area (Å²) in [4.78, 5) is 16.4. The van der Waals surface area contributed by atoms with E-state index in [0.717, 1.165) is 10.6 Å². The molecule has 0 radical (unpaired) electrons. The predicted octanol–water partition coefficient (Wildman–Crippen LogP) is 2.40. The summed E-state index contributed by atoms with van der Waals surface area (Å²) in [7, 11) is 0. The fourth-order valence-electron chi connectivity index (χ4n) is 1.63. The van der Waals surface area contributed by atoms with E-state index in [1.165, 1.54) is 11.8 Å². The van der Waals surface area contributed by atoms with Crippen molar-refractivity contribution in [3.63, 3.8) is 0 Å². The molecule has 1 aliphatic rings. The summed E-state index contributed by atoms with van der Waals surface area (Å²) in [6, 6.07) is 4.03. The molecule has 2 N–H and O–H groups in total. The highest BCUT2D eigenvalue weighted by Crippen LogP contribution is 2.27. The SMILES string of the molecule is CC(C)N=C1NN=C(c2cccs2)[C@@H](CC(=O)O)S1. The molecule has 0 unspecified atom stereocenters. The second kappa shape index (κ2) is 6.21. The number of aliphatic carboxylic acids is 1. The molecular formula is C12H15N3O2S2. The molecule has 0 spiro atoms. The van der Waals surface area contributed by atoms with Gasteiger partial charge < -0.3 is 5.11 Å². The molecule has 0 fully saturated rings. The zero-order valence-electron chi connectivity index (χ0n) is 10.7. The van der Waals surface area contributed by atoms with Crippen LogP contribution in [0.2, 0.25) is 0 Å². The Bertz CT molecular complexity index is 509. The maximum absolute atomic E-state index is 11.0. The van der Waals surface area contributed by atoms with Gasteiger partial charge in [0.2, 0.25) is 0 Å². The molecule has 0 aliphatic carbocycles. The summed E-state index contributed by atoms with van der Waals surface area (Å²) in [5, 5.41) is 15.8. The molecule has 1 aliphatic heterocycles. The van der Waals surface area contributed by atoms with Crippen LogP contribution in [0, 0.1) is 0 Å². The van der Waals surface area contributed by atoms with E-state index < -0.39 is 5.97 Å². The predicted molar refractivity (Wildman–Crippen MR) is 80.2 cm³/mol. The van der Waals surface area contributed by atoms with Crippen molar-refractivity contribution in [1.29, 1.82) is 0 Å². The van der Waals surface area contributed by atoms with Gasteiger partial charge in [0.25, 0.3) is 0 Å². The lowest BCUT2D eigenvalue weighted by Crippen LogP contribution is -2.34. The minimum Gasteiger partial charge on any atom is -0.481 e. The number of carboxylic acid groups (broad SMARTS) is 1. The summed E-state index contributed by atoms with van der Waals surface area (Å²) in [6.45, 7) is 3.94. The number of amidine groups is 1. The molecule has 0 aromatic carbocycles. The van der Waals surface area contributed by atoms with Crippen LogP contribution < -0.4 is 5.43 Å². The van der Waals surface area contributed by atoms with Crippen molar-refractivity contribution in [2.75, 3.05) is 0 Å². The third kappa shape index (κ3) is 3.81. The number of hydrogen-bond acceptors (Lipinski definition) is 5. The summed E-state index contributed by atoms with van der Waals surface area (Å²) in [5.41, 5.74) is 3.69. The fraction of sp³-hybridized carbons (Fsp3) is 0.417. The Hall–Kier alpha value is -1.34.